The standard InChI is InChI=1S/C32H36N4O2S2/c37-40(38,36-19-7-8-20-36)29-18-16-27-23-33-28(17-15-26(27)22-29)14-9-21-39-32-34-30(24-10-3-1-4-11-24)31(35-32)25-12-5-2-6-13-25/h1-6,10-13,16,18,22,28,33H,7-9,14-15,17,19-21,23H2,(H,34,35). The summed E-state index contributed by atoms with van der Waals surface area (Å²) in [5.41, 5.74) is 6.69. The third-order valence-electron chi connectivity index (χ3n) is 7.95. The molecule has 3 heterocycles. The van der Waals surface area contributed by atoms with Gasteiger partial charge in [-0.3, -0.25) is 0 Å². The van der Waals surface area contributed by atoms with Gasteiger partial charge < -0.3 is 10.3 Å². The van der Waals surface area contributed by atoms with E-state index in [1.807, 2.05) is 24.3 Å². The number of sulfonamides is 1. The first-order chi connectivity index (χ1) is 19.6. The first-order valence-corrected chi connectivity index (χ1v) is 16.7. The van der Waals surface area contributed by atoms with Crippen LogP contribution in [0.15, 0.2) is 88.9 Å². The van der Waals surface area contributed by atoms with Crippen LogP contribution in [0, 0.1) is 0 Å². The van der Waals surface area contributed by atoms with Gasteiger partial charge in [0, 0.05) is 42.6 Å². The molecule has 2 aliphatic heterocycles. The van der Waals surface area contributed by atoms with Crippen LogP contribution < -0.4 is 5.32 Å². The fourth-order valence-electron chi connectivity index (χ4n) is 5.72. The predicted molar refractivity (Wildman–Crippen MR) is 163 cm³/mol. The van der Waals surface area contributed by atoms with Crippen LogP contribution in [0.5, 0.6) is 0 Å². The van der Waals surface area contributed by atoms with Crippen LogP contribution in [0.3, 0.4) is 0 Å². The Balaban J connectivity index is 1.05. The van der Waals surface area contributed by atoms with Crippen LogP contribution >= 0.6 is 11.8 Å². The Hall–Kier alpha value is -2.91. The number of thioether (sulfide) groups is 1. The normalized spacial score (nSPS) is 17.9. The molecule has 2 aliphatic rings. The smallest absolute Gasteiger partial charge is 0.243 e. The van der Waals surface area contributed by atoms with E-state index in [-0.39, 0.29) is 0 Å². The van der Waals surface area contributed by atoms with E-state index < -0.39 is 10.0 Å². The van der Waals surface area contributed by atoms with Crippen molar-refractivity contribution in [2.75, 3.05) is 18.8 Å². The molecule has 1 saturated heterocycles. The maximum absolute atomic E-state index is 13.0. The zero-order valence-corrected chi connectivity index (χ0v) is 24.3. The van der Waals surface area contributed by atoms with Crippen LogP contribution in [-0.4, -0.2) is 47.6 Å². The molecule has 1 unspecified atom stereocenters. The number of nitrogens with zero attached hydrogens (tertiary/aromatic N) is 2. The Kier molecular flexibility index (Phi) is 8.39. The summed E-state index contributed by atoms with van der Waals surface area (Å²) in [4.78, 5) is 9.01. The van der Waals surface area contributed by atoms with Gasteiger partial charge in [-0.2, -0.15) is 4.31 Å². The van der Waals surface area contributed by atoms with Gasteiger partial charge in [0.25, 0.3) is 0 Å². The van der Waals surface area contributed by atoms with Crippen LogP contribution in [0.1, 0.15) is 43.2 Å². The minimum absolute atomic E-state index is 0.419. The van der Waals surface area contributed by atoms with E-state index in [4.69, 9.17) is 4.98 Å². The minimum Gasteiger partial charge on any atom is -0.332 e. The van der Waals surface area contributed by atoms with Crippen LogP contribution in [0.25, 0.3) is 22.5 Å². The molecule has 1 fully saturated rings. The first-order valence-electron chi connectivity index (χ1n) is 14.3. The van der Waals surface area contributed by atoms with Crippen LogP contribution in [0.2, 0.25) is 0 Å². The number of H-pyrrole nitrogens is 1. The van der Waals surface area contributed by atoms with Crippen molar-refractivity contribution >= 4 is 21.8 Å². The number of hydrogen-bond acceptors (Lipinski definition) is 5. The van der Waals surface area contributed by atoms with E-state index in [0.717, 1.165) is 78.5 Å². The summed E-state index contributed by atoms with van der Waals surface area (Å²) in [6.07, 6.45) is 5.99. The highest BCUT2D eigenvalue weighted by Gasteiger charge is 2.28. The Bertz CT molecular complexity index is 1470. The number of rotatable bonds is 9. The van der Waals surface area contributed by atoms with E-state index in [1.54, 1.807) is 22.1 Å². The summed E-state index contributed by atoms with van der Waals surface area (Å²) in [6.45, 7) is 2.07. The molecule has 1 aromatic heterocycles. The summed E-state index contributed by atoms with van der Waals surface area (Å²) < 4.78 is 27.7. The second kappa shape index (κ2) is 12.3. The molecule has 1 atom stereocenters. The number of aromatic amines is 1. The van der Waals surface area contributed by atoms with Gasteiger partial charge in [-0.05, 0) is 61.8 Å². The van der Waals surface area contributed by atoms with Crippen molar-refractivity contribution in [2.45, 2.75) is 61.2 Å². The largest absolute Gasteiger partial charge is 0.332 e. The molecule has 0 spiro atoms. The van der Waals surface area contributed by atoms with E-state index >= 15 is 0 Å². The summed E-state index contributed by atoms with van der Waals surface area (Å²) in [7, 11) is -3.38. The lowest BCUT2D eigenvalue weighted by Crippen LogP contribution is -2.28. The molecule has 4 aromatic rings. The summed E-state index contributed by atoms with van der Waals surface area (Å²) >= 11 is 1.78. The third-order valence-corrected chi connectivity index (χ3v) is 10.8. The first kappa shape index (κ1) is 27.3. The third kappa shape index (κ3) is 6.05. The topological polar surface area (TPSA) is 78.1 Å². The lowest BCUT2D eigenvalue weighted by molar-refractivity contribution is 0.462. The van der Waals surface area contributed by atoms with Gasteiger partial charge in [-0.1, -0.05) is 78.5 Å². The quantitative estimate of drug-likeness (QED) is 0.177. The zero-order chi connectivity index (χ0) is 27.4. The molecule has 0 aliphatic carbocycles. The summed E-state index contributed by atoms with van der Waals surface area (Å²) in [5.74, 6) is 0.985. The number of aryl methyl sites for hydroxylation is 1. The SMILES string of the molecule is O=S(=O)(c1ccc2c(c1)CCC(CCCSc1nc(-c3ccccc3)c(-c3ccccc3)[nH]1)NC2)N1CCCC1. The van der Waals surface area contributed by atoms with E-state index in [9.17, 15) is 8.42 Å². The minimum atomic E-state index is -3.38. The molecular weight excluding hydrogens is 537 g/mol. The van der Waals surface area contributed by atoms with Crippen molar-refractivity contribution in [3.63, 3.8) is 0 Å². The van der Waals surface area contributed by atoms with Crippen LogP contribution in [0.4, 0.5) is 0 Å². The Labute approximate surface area is 241 Å². The van der Waals surface area contributed by atoms with Gasteiger partial charge in [0.1, 0.15) is 0 Å². The molecule has 0 amide bonds. The van der Waals surface area contributed by atoms with Gasteiger partial charge in [-0.25, -0.2) is 13.4 Å². The average Bonchev–Trinajstić information content (AvgIpc) is 3.65. The van der Waals surface area contributed by atoms with Crippen molar-refractivity contribution in [3.8, 4) is 22.5 Å². The number of imidazole rings is 1. The van der Waals surface area contributed by atoms with Gasteiger partial charge >= 0.3 is 0 Å². The van der Waals surface area contributed by atoms with E-state index in [1.165, 1.54) is 11.1 Å². The Morgan fingerprint density at radius 1 is 0.900 bits per heavy atom. The van der Waals surface area contributed by atoms with Crippen molar-refractivity contribution in [1.82, 2.24) is 19.6 Å². The molecular formula is C32H36N4O2S2. The zero-order valence-electron chi connectivity index (χ0n) is 22.7. The van der Waals surface area contributed by atoms with Crippen molar-refractivity contribution in [1.29, 1.82) is 0 Å². The molecule has 3 aromatic carbocycles. The van der Waals surface area contributed by atoms with Crippen LogP contribution in [-0.2, 0) is 23.0 Å². The predicted octanol–water partition coefficient (Wildman–Crippen LogP) is 6.51. The summed E-state index contributed by atoms with van der Waals surface area (Å²) in [6, 6.07) is 26.9. The molecule has 6 nitrogen and oxygen atoms in total. The Morgan fingerprint density at radius 2 is 1.62 bits per heavy atom. The van der Waals surface area contributed by atoms with Crippen molar-refractivity contribution < 1.29 is 8.42 Å². The van der Waals surface area contributed by atoms with Gasteiger partial charge in [0.05, 0.1) is 16.3 Å². The fourth-order valence-corrected chi connectivity index (χ4v) is 8.12. The molecule has 2 N–H and O–H groups in total. The second-order valence-electron chi connectivity index (χ2n) is 10.6. The van der Waals surface area contributed by atoms with Gasteiger partial charge in [0.15, 0.2) is 5.16 Å². The lowest BCUT2D eigenvalue weighted by Gasteiger charge is -2.17. The number of fused-ring (bicyclic) bond motifs is 1. The Morgan fingerprint density at radius 3 is 2.38 bits per heavy atom. The van der Waals surface area contributed by atoms with Gasteiger partial charge in [-0.15, -0.1) is 0 Å². The van der Waals surface area contributed by atoms with E-state index in [2.05, 4.69) is 58.8 Å². The summed E-state index contributed by atoms with van der Waals surface area (Å²) in [5, 5.41) is 4.66. The van der Waals surface area contributed by atoms with Crippen molar-refractivity contribution in [3.05, 3.63) is 90.0 Å². The molecule has 40 heavy (non-hydrogen) atoms. The number of nitrogens with one attached hydrogen (secondary N) is 2. The molecule has 8 heteroatoms. The number of aromatic nitrogens is 2. The fraction of sp³-hybridized carbons (Fsp3) is 0.344. The van der Waals surface area contributed by atoms with Gasteiger partial charge in [0.2, 0.25) is 10.0 Å². The number of benzene rings is 3. The monoisotopic (exact) mass is 572 g/mol. The highest BCUT2D eigenvalue weighted by Crippen LogP contribution is 2.33. The molecule has 0 saturated carbocycles. The molecule has 208 valence electrons. The second-order valence-corrected chi connectivity index (χ2v) is 13.7. The highest BCUT2D eigenvalue weighted by atomic mass is 32.2. The average molecular weight is 573 g/mol. The highest BCUT2D eigenvalue weighted by molar-refractivity contribution is 7.99. The lowest BCUT2D eigenvalue weighted by atomic mass is 10.0. The number of hydrogen-bond donors (Lipinski definition) is 2. The van der Waals surface area contributed by atoms with Crippen molar-refractivity contribution in [2.24, 2.45) is 0 Å². The maximum atomic E-state index is 13.0. The molecule has 0 bridgehead atoms. The van der Waals surface area contributed by atoms with E-state index in [0.29, 0.717) is 24.0 Å². The molecule has 0 radical (unpaired) electrons. The molecule has 6 rings (SSSR count). The maximum Gasteiger partial charge on any atom is 0.243 e.